The van der Waals surface area contributed by atoms with Gasteiger partial charge in [0, 0.05) is 18.5 Å². The number of likely N-dealkylation sites (tertiary alicyclic amines) is 1. The van der Waals surface area contributed by atoms with Crippen molar-refractivity contribution in [3.05, 3.63) is 0 Å². The summed E-state index contributed by atoms with van der Waals surface area (Å²) in [4.78, 5) is 25.2. The average molecular weight is 211 g/mol. The molecule has 0 unspecified atom stereocenters. The number of hydrogen-bond donors (Lipinski definition) is 2. The van der Waals surface area contributed by atoms with E-state index in [1.54, 1.807) is 0 Å². The second-order valence-corrected chi connectivity index (χ2v) is 4.77. The Morgan fingerprint density at radius 3 is 2.60 bits per heavy atom. The van der Waals surface area contributed by atoms with Crippen molar-refractivity contribution in [2.45, 2.75) is 31.8 Å². The van der Waals surface area contributed by atoms with Crippen LogP contribution in [-0.4, -0.2) is 42.0 Å². The molecule has 0 bridgehead atoms. The largest absolute Gasteiger partial charge is 0.323 e. The van der Waals surface area contributed by atoms with E-state index >= 15 is 0 Å². The first kappa shape index (κ1) is 10.4. The van der Waals surface area contributed by atoms with Crippen molar-refractivity contribution >= 4 is 11.9 Å². The van der Waals surface area contributed by atoms with Gasteiger partial charge in [0.1, 0.15) is 5.54 Å². The maximum absolute atomic E-state index is 11.8. The summed E-state index contributed by atoms with van der Waals surface area (Å²) < 4.78 is 0. The summed E-state index contributed by atoms with van der Waals surface area (Å²) in [5.74, 6) is -0.0231. The van der Waals surface area contributed by atoms with E-state index in [0.717, 1.165) is 6.54 Å². The van der Waals surface area contributed by atoms with Crippen molar-refractivity contribution in [3.8, 4) is 0 Å². The maximum atomic E-state index is 11.8. The summed E-state index contributed by atoms with van der Waals surface area (Å²) in [5.41, 5.74) is -0.678. The van der Waals surface area contributed by atoms with Crippen molar-refractivity contribution in [1.29, 1.82) is 0 Å². The zero-order valence-corrected chi connectivity index (χ0v) is 9.33. The number of nitrogens with zero attached hydrogens (tertiary/aromatic N) is 1. The van der Waals surface area contributed by atoms with Crippen LogP contribution in [0.5, 0.6) is 0 Å². The number of carbonyl (C=O) groups excluding carboxylic acids is 2. The van der Waals surface area contributed by atoms with Crippen LogP contribution in [-0.2, 0) is 4.79 Å². The number of rotatable bonds is 0. The molecule has 0 saturated carbocycles. The highest BCUT2D eigenvalue weighted by molar-refractivity contribution is 6.07. The molecule has 1 spiro atoms. The smallest absolute Gasteiger partial charge is 0.322 e. The lowest BCUT2D eigenvalue weighted by Gasteiger charge is -2.44. The second-order valence-electron chi connectivity index (χ2n) is 4.77. The van der Waals surface area contributed by atoms with Gasteiger partial charge in [-0.05, 0) is 20.4 Å². The Balaban J connectivity index is 2.27. The molecule has 5 nitrogen and oxygen atoms in total. The molecule has 15 heavy (non-hydrogen) atoms. The van der Waals surface area contributed by atoms with Crippen molar-refractivity contribution in [3.63, 3.8) is 0 Å². The van der Waals surface area contributed by atoms with Crippen molar-refractivity contribution in [1.82, 2.24) is 15.5 Å². The molecule has 2 fully saturated rings. The van der Waals surface area contributed by atoms with Gasteiger partial charge >= 0.3 is 6.03 Å². The van der Waals surface area contributed by atoms with Gasteiger partial charge < -0.3 is 10.2 Å². The Morgan fingerprint density at radius 1 is 1.40 bits per heavy atom. The highest BCUT2D eigenvalue weighted by Gasteiger charge is 2.53. The Kier molecular flexibility index (Phi) is 2.22. The number of hydrogen-bond acceptors (Lipinski definition) is 3. The fraction of sp³-hybridized carbons (Fsp3) is 0.800. The lowest BCUT2D eigenvalue weighted by Crippen LogP contribution is -2.62. The molecule has 5 heteroatoms. The van der Waals surface area contributed by atoms with E-state index in [-0.39, 0.29) is 17.9 Å². The zero-order valence-electron chi connectivity index (χ0n) is 9.33. The van der Waals surface area contributed by atoms with Crippen LogP contribution in [0.1, 0.15) is 20.3 Å². The lowest BCUT2D eigenvalue weighted by atomic mass is 9.76. The van der Waals surface area contributed by atoms with Gasteiger partial charge in [0.25, 0.3) is 5.91 Å². The molecule has 3 amide bonds. The van der Waals surface area contributed by atoms with Crippen molar-refractivity contribution in [2.24, 2.45) is 5.92 Å². The standard InChI is InChI=1S/C10H17N3O2/c1-6-5-13(3)7(2)4-10(6)8(14)11-9(15)12-10/h6-7H,4-5H2,1-3H3,(H2,11,12,14,15)/t6-,7-,10-/m0/s1. The molecule has 2 rings (SSSR count). The summed E-state index contributed by atoms with van der Waals surface area (Å²) >= 11 is 0. The predicted octanol–water partition coefficient (Wildman–Crippen LogP) is -0.0753. The summed E-state index contributed by atoms with van der Waals surface area (Å²) in [5, 5.41) is 5.13. The first-order valence-corrected chi connectivity index (χ1v) is 5.29. The Morgan fingerprint density at radius 2 is 2.07 bits per heavy atom. The molecule has 0 aromatic carbocycles. The molecule has 2 saturated heterocycles. The molecule has 0 aromatic rings. The number of amides is 3. The topological polar surface area (TPSA) is 61.4 Å². The van der Waals surface area contributed by atoms with E-state index in [0.29, 0.717) is 12.5 Å². The zero-order chi connectivity index (χ0) is 11.2. The van der Waals surface area contributed by atoms with Crippen LogP contribution in [0.25, 0.3) is 0 Å². The van der Waals surface area contributed by atoms with Crippen LogP contribution in [0.4, 0.5) is 4.79 Å². The molecule has 2 N–H and O–H groups in total. The van der Waals surface area contributed by atoms with Gasteiger partial charge in [0.15, 0.2) is 0 Å². The number of urea groups is 1. The van der Waals surface area contributed by atoms with E-state index in [1.807, 2.05) is 14.0 Å². The van der Waals surface area contributed by atoms with E-state index < -0.39 is 5.54 Å². The first-order chi connectivity index (χ1) is 6.95. The number of imide groups is 1. The number of carbonyl (C=O) groups is 2. The maximum Gasteiger partial charge on any atom is 0.322 e. The first-order valence-electron chi connectivity index (χ1n) is 5.29. The molecule has 3 atom stereocenters. The Bertz CT molecular complexity index is 318. The van der Waals surface area contributed by atoms with E-state index in [1.165, 1.54) is 0 Å². The molecule has 2 aliphatic heterocycles. The van der Waals surface area contributed by atoms with Crippen LogP contribution >= 0.6 is 0 Å². The normalized spacial score (nSPS) is 41.8. The fourth-order valence-electron chi connectivity index (χ4n) is 2.59. The molecule has 2 heterocycles. The molecule has 0 aliphatic carbocycles. The van der Waals surface area contributed by atoms with E-state index in [4.69, 9.17) is 0 Å². The Hall–Kier alpha value is -1.10. The molecule has 2 aliphatic rings. The predicted molar refractivity (Wildman–Crippen MR) is 55.3 cm³/mol. The summed E-state index contributed by atoms with van der Waals surface area (Å²) in [6.07, 6.45) is 0.683. The summed E-state index contributed by atoms with van der Waals surface area (Å²) in [6, 6.07) is -0.0473. The van der Waals surface area contributed by atoms with Gasteiger partial charge in [-0.3, -0.25) is 10.1 Å². The molecule has 0 aromatic heterocycles. The minimum Gasteiger partial charge on any atom is -0.323 e. The molecular formula is C10H17N3O2. The fourth-order valence-corrected chi connectivity index (χ4v) is 2.59. The Labute approximate surface area is 89.2 Å². The number of piperidine rings is 1. The van der Waals surface area contributed by atoms with Crippen LogP contribution in [0.2, 0.25) is 0 Å². The third-order valence-electron chi connectivity index (χ3n) is 3.74. The highest BCUT2D eigenvalue weighted by atomic mass is 16.2. The van der Waals surface area contributed by atoms with Crippen LogP contribution in [0.15, 0.2) is 0 Å². The molecular weight excluding hydrogens is 194 g/mol. The SMILES string of the molecule is C[C@H]1C[C@]2(NC(=O)NC2=O)[C@@H](C)CN1C. The summed E-state index contributed by atoms with van der Waals surface area (Å²) in [6.45, 7) is 4.91. The quantitative estimate of drug-likeness (QED) is 0.551. The van der Waals surface area contributed by atoms with Gasteiger partial charge in [-0.1, -0.05) is 6.92 Å². The van der Waals surface area contributed by atoms with Gasteiger partial charge in [0.2, 0.25) is 0 Å². The number of nitrogens with one attached hydrogen (secondary N) is 2. The second kappa shape index (κ2) is 3.20. The molecule has 84 valence electrons. The van der Waals surface area contributed by atoms with Gasteiger partial charge in [-0.15, -0.1) is 0 Å². The van der Waals surface area contributed by atoms with Gasteiger partial charge in [-0.25, -0.2) is 4.79 Å². The van der Waals surface area contributed by atoms with Crippen LogP contribution in [0.3, 0.4) is 0 Å². The highest BCUT2D eigenvalue weighted by Crippen LogP contribution is 2.33. The minimum absolute atomic E-state index is 0.144. The van der Waals surface area contributed by atoms with Crippen molar-refractivity contribution in [2.75, 3.05) is 13.6 Å². The lowest BCUT2D eigenvalue weighted by molar-refractivity contribution is -0.128. The van der Waals surface area contributed by atoms with Crippen LogP contribution in [0, 0.1) is 5.92 Å². The van der Waals surface area contributed by atoms with Crippen molar-refractivity contribution < 1.29 is 9.59 Å². The van der Waals surface area contributed by atoms with Gasteiger partial charge in [-0.2, -0.15) is 0 Å². The van der Waals surface area contributed by atoms with Crippen LogP contribution < -0.4 is 10.6 Å². The average Bonchev–Trinajstić information content (AvgIpc) is 2.40. The van der Waals surface area contributed by atoms with E-state index in [2.05, 4.69) is 22.5 Å². The summed E-state index contributed by atoms with van der Waals surface area (Å²) in [7, 11) is 2.04. The third-order valence-corrected chi connectivity index (χ3v) is 3.74. The molecule has 0 radical (unpaired) electrons. The third kappa shape index (κ3) is 1.42. The minimum atomic E-state index is -0.678. The monoisotopic (exact) mass is 211 g/mol. The van der Waals surface area contributed by atoms with E-state index in [9.17, 15) is 9.59 Å². The van der Waals surface area contributed by atoms with Gasteiger partial charge in [0.05, 0.1) is 0 Å².